The third-order valence-corrected chi connectivity index (χ3v) is 6.44. The van der Waals surface area contributed by atoms with Crippen molar-refractivity contribution in [3.05, 3.63) is 59.2 Å². The maximum Gasteiger partial charge on any atom is 0.175 e. The number of rotatable bonds is 6. The third kappa shape index (κ3) is 5.33. The number of aliphatic hydroxyl groups is 1. The van der Waals surface area contributed by atoms with E-state index < -0.39 is 9.84 Å². The van der Waals surface area contributed by atoms with Crippen molar-refractivity contribution in [2.45, 2.75) is 43.4 Å². The number of aliphatic hydroxyl groups excluding tert-OH is 1. The predicted octanol–water partition coefficient (Wildman–Crippen LogP) is 4.51. The lowest BCUT2D eigenvalue weighted by molar-refractivity contribution is 0.285. The SMILES string of the molecule is COc1ccc2c(c1)CCCC(c1ccc(S(C)(=O)=O)cc1)=C2C#CCCCCO. The van der Waals surface area contributed by atoms with Crippen LogP contribution < -0.4 is 4.74 Å². The molecule has 1 aliphatic rings. The highest BCUT2D eigenvalue weighted by Gasteiger charge is 2.18. The average Bonchev–Trinajstić information content (AvgIpc) is 2.92. The Hall–Kier alpha value is -2.55. The molecule has 0 amide bonds. The van der Waals surface area contributed by atoms with Gasteiger partial charge in [-0.1, -0.05) is 24.0 Å². The number of benzene rings is 2. The summed E-state index contributed by atoms with van der Waals surface area (Å²) in [6, 6.07) is 13.2. The van der Waals surface area contributed by atoms with E-state index in [2.05, 4.69) is 24.0 Å². The molecule has 0 saturated heterocycles. The number of ether oxygens (including phenoxy) is 1. The average molecular weight is 425 g/mol. The smallest absolute Gasteiger partial charge is 0.175 e. The summed E-state index contributed by atoms with van der Waals surface area (Å²) in [6.07, 6.45) is 6.36. The van der Waals surface area contributed by atoms with Gasteiger partial charge in [0.1, 0.15) is 5.75 Å². The van der Waals surface area contributed by atoms with E-state index in [1.54, 1.807) is 19.2 Å². The van der Waals surface area contributed by atoms with Crippen LogP contribution in [0.1, 0.15) is 48.8 Å². The molecular formula is C25H28O4S. The van der Waals surface area contributed by atoms with Gasteiger partial charge in [-0.2, -0.15) is 0 Å². The highest BCUT2D eigenvalue weighted by Crippen LogP contribution is 2.37. The van der Waals surface area contributed by atoms with E-state index in [0.717, 1.165) is 66.5 Å². The van der Waals surface area contributed by atoms with Gasteiger partial charge in [-0.3, -0.25) is 0 Å². The minimum atomic E-state index is -3.23. The van der Waals surface area contributed by atoms with E-state index in [9.17, 15) is 8.42 Å². The second kappa shape index (κ2) is 9.97. The standard InChI is InChI=1S/C25H28O4S/c1-29-21-13-16-24-20(18-21)8-7-10-23(25(24)9-5-3-4-6-17-26)19-11-14-22(15-12-19)30(2,27)28/h11-16,18,26H,3-4,6-8,10,17H2,1-2H3. The van der Waals surface area contributed by atoms with Gasteiger partial charge in [0.05, 0.1) is 12.0 Å². The van der Waals surface area contributed by atoms with E-state index in [0.29, 0.717) is 4.90 Å². The summed E-state index contributed by atoms with van der Waals surface area (Å²) in [6.45, 7) is 0.185. The van der Waals surface area contributed by atoms with Gasteiger partial charge in [0.15, 0.2) is 9.84 Å². The Morgan fingerprint density at radius 1 is 1.07 bits per heavy atom. The second-order valence-corrected chi connectivity index (χ2v) is 9.52. The van der Waals surface area contributed by atoms with E-state index >= 15 is 0 Å². The fourth-order valence-electron chi connectivity index (χ4n) is 3.70. The van der Waals surface area contributed by atoms with Crippen molar-refractivity contribution in [2.75, 3.05) is 20.0 Å². The molecule has 5 heteroatoms. The fourth-order valence-corrected chi connectivity index (χ4v) is 4.33. The Balaban J connectivity index is 2.09. The highest BCUT2D eigenvalue weighted by atomic mass is 32.2. The molecule has 1 N–H and O–H groups in total. The first-order chi connectivity index (χ1) is 14.4. The number of aryl methyl sites for hydroxylation is 1. The van der Waals surface area contributed by atoms with Crippen molar-refractivity contribution in [1.29, 1.82) is 0 Å². The Morgan fingerprint density at radius 2 is 1.83 bits per heavy atom. The predicted molar refractivity (Wildman–Crippen MR) is 121 cm³/mol. The normalized spacial score (nSPS) is 13.8. The molecule has 0 unspecified atom stereocenters. The maximum atomic E-state index is 11.8. The topological polar surface area (TPSA) is 63.6 Å². The monoisotopic (exact) mass is 424 g/mol. The molecule has 158 valence electrons. The zero-order chi connectivity index (χ0) is 21.6. The van der Waals surface area contributed by atoms with E-state index in [4.69, 9.17) is 9.84 Å². The van der Waals surface area contributed by atoms with Gasteiger partial charge in [-0.25, -0.2) is 8.42 Å². The molecule has 0 fully saturated rings. The third-order valence-electron chi connectivity index (χ3n) is 5.31. The second-order valence-electron chi connectivity index (χ2n) is 7.51. The summed E-state index contributed by atoms with van der Waals surface area (Å²) >= 11 is 0. The Bertz CT molecular complexity index is 1080. The zero-order valence-electron chi connectivity index (χ0n) is 17.6. The molecular weight excluding hydrogens is 396 g/mol. The van der Waals surface area contributed by atoms with E-state index in [-0.39, 0.29) is 6.61 Å². The lowest BCUT2D eigenvalue weighted by atomic mass is 9.92. The van der Waals surface area contributed by atoms with Crippen LogP contribution in [0.25, 0.3) is 11.1 Å². The summed E-state index contributed by atoms with van der Waals surface area (Å²) < 4.78 is 29.1. The van der Waals surface area contributed by atoms with Crippen LogP contribution >= 0.6 is 0 Å². The fraction of sp³-hybridized carbons (Fsp3) is 0.360. The molecule has 2 aromatic carbocycles. The molecule has 4 nitrogen and oxygen atoms in total. The lowest BCUT2D eigenvalue weighted by Crippen LogP contribution is -1.97. The van der Waals surface area contributed by atoms with Gasteiger partial charge in [-0.05, 0) is 84.7 Å². The van der Waals surface area contributed by atoms with Crippen LogP contribution in [0.5, 0.6) is 5.75 Å². The first-order valence-corrected chi connectivity index (χ1v) is 12.1. The quantitative estimate of drug-likeness (QED) is 0.547. The molecule has 0 radical (unpaired) electrons. The molecule has 0 aliphatic heterocycles. The van der Waals surface area contributed by atoms with Crippen LogP contribution in [0.3, 0.4) is 0 Å². The number of fused-ring (bicyclic) bond motifs is 1. The van der Waals surface area contributed by atoms with Crippen LogP contribution in [-0.2, 0) is 16.3 Å². The minimum absolute atomic E-state index is 0.185. The highest BCUT2D eigenvalue weighted by molar-refractivity contribution is 7.90. The molecule has 0 aromatic heterocycles. The van der Waals surface area contributed by atoms with Crippen molar-refractivity contribution in [3.63, 3.8) is 0 Å². The molecule has 3 rings (SSSR count). The number of hydrogen-bond acceptors (Lipinski definition) is 4. The molecule has 0 heterocycles. The van der Waals surface area contributed by atoms with Crippen LogP contribution in [0.15, 0.2) is 47.4 Å². The molecule has 0 atom stereocenters. The number of hydrogen-bond donors (Lipinski definition) is 1. The van der Waals surface area contributed by atoms with Crippen LogP contribution in [0.4, 0.5) is 0 Å². The summed E-state index contributed by atoms with van der Waals surface area (Å²) in [7, 11) is -1.56. The number of sulfone groups is 1. The lowest BCUT2D eigenvalue weighted by Gasteiger charge is -2.12. The van der Waals surface area contributed by atoms with Crippen molar-refractivity contribution in [3.8, 4) is 17.6 Å². The van der Waals surface area contributed by atoms with Gasteiger partial charge >= 0.3 is 0 Å². The largest absolute Gasteiger partial charge is 0.497 e. The van der Waals surface area contributed by atoms with Crippen molar-refractivity contribution < 1.29 is 18.3 Å². The van der Waals surface area contributed by atoms with Gasteiger partial charge in [-0.15, -0.1) is 0 Å². The van der Waals surface area contributed by atoms with Crippen molar-refractivity contribution in [1.82, 2.24) is 0 Å². The molecule has 0 bridgehead atoms. The van der Waals surface area contributed by atoms with Gasteiger partial charge in [0.25, 0.3) is 0 Å². The van der Waals surface area contributed by atoms with Gasteiger partial charge in [0.2, 0.25) is 0 Å². The summed E-state index contributed by atoms with van der Waals surface area (Å²) in [5.74, 6) is 7.51. The number of allylic oxidation sites excluding steroid dienone is 2. The maximum absolute atomic E-state index is 11.8. The molecule has 0 spiro atoms. The molecule has 30 heavy (non-hydrogen) atoms. The summed E-state index contributed by atoms with van der Waals surface area (Å²) in [4.78, 5) is 0.322. The molecule has 0 saturated carbocycles. The first kappa shape index (κ1) is 22.1. The van der Waals surface area contributed by atoms with Crippen LogP contribution in [0, 0.1) is 11.8 Å². The van der Waals surface area contributed by atoms with E-state index in [1.165, 1.54) is 11.8 Å². The van der Waals surface area contributed by atoms with Gasteiger partial charge < -0.3 is 9.84 Å². The number of methoxy groups -OCH3 is 1. The first-order valence-electron chi connectivity index (χ1n) is 10.2. The zero-order valence-corrected chi connectivity index (χ0v) is 18.4. The summed E-state index contributed by atoms with van der Waals surface area (Å²) in [5.41, 5.74) is 5.49. The molecule has 1 aliphatic carbocycles. The van der Waals surface area contributed by atoms with Gasteiger partial charge in [0, 0.05) is 24.9 Å². The number of unbranched alkanes of at least 4 members (excludes halogenated alkanes) is 2. The Morgan fingerprint density at radius 3 is 2.50 bits per heavy atom. The minimum Gasteiger partial charge on any atom is -0.497 e. The van der Waals surface area contributed by atoms with Crippen LogP contribution in [0.2, 0.25) is 0 Å². The Labute approximate surface area is 179 Å². The molecule has 2 aromatic rings. The van der Waals surface area contributed by atoms with Crippen LogP contribution in [-0.4, -0.2) is 33.5 Å². The van der Waals surface area contributed by atoms with Crippen molar-refractivity contribution >= 4 is 21.0 Å². The summed E-state index contributed by atoms with van der Waals surface area (Å²) in [5, 5.41) is 8.99. The van der Waals surface area contributed by atoms with E-state index in [1.807, 2.05) is 18.2 Å². The van der Waals surface area contributed by atoms with Crippen molar-refractivity contribution in [2.24, 2.45) is 0 Å². The Kier molecular flexibility index (Phi) is 7.36.